The Labute approximate surface area is 73.2 Å². The van der Waals surface area contributed by atoms with Crippen molar-refractivity contribution in [1.29, 1.82) is 0 Å². The molecule has 0 spiro atoms. The monoisotopic (exact) mass is 171 g/mol. The van der Waals surface area contributed by atoms with Gasteiger partial charge in [0, 0.05) is 12.1 Å². The fourth-order valence-electron chi connectivity index (χ4n) is 1.23. The molecule has 1 aliphatic rings. The van der Waals surface area contributed by atoms with Gasteiger partial charge in [-0.05, 0) is 12.0 Å². The molecular formula is C9H14ClN. The van der Waals surface area contributed by atoms with Crippen molar-refractivity contribution in [2.45, 2.75) is 25.8 Å². The lowest BCUT2D eigenvalue weighted by atomic mass is 9.90. The predicted molar refractivity (Wildman–Crippen MR) is 50.2 cm³/mol. The molecule has 0 radical (unpaired) electrons. The van der Waals surface area contributed by atoms with E-state index in [1.165, 1.54) is 0 Å². The second kappa shape index (κ2) is 3.91. The second-order valence-electron chi connectivity index (χ2n) is 3.02. The molecule has 0 saturated carbocycles. The third-order valence-electron chi connectivity index (χ3n) is 2.27. The zero-order valence-electron chi connectivity index (χ0n) is 7.00. The van der Waals surface area contributed by atoms with Gasteiger partial charge in [0.25, 0.3) is 0 Å². The lowest BCUT2D eigenvalue weighted by Crippen LogP contribution is -2.20. The fraction of sp³-hybridized carbons (Fsp3) is 0.667. The molecule has 3 unspecified atom stereocenters. The topological polar surface area (TPSA) is 12.4 Å². The van der Waals surface area contributed by atoms with Crippen LogP contribution in [0.2, 0.25) is 0 Å². The van der Waals surface area contributed by atoms with Crippen LogP contribution >= 0.6 is 11.6 Å². The first-order valence-corrected chi connectivity index (χ1v) is 4.53. The van der Waals surface area contributed by atoms with Crippen LogP contribution in [-0.4, -0.2) is 11.7 Å². The minimum absolute atomic E-state index is 0.0463. The average molecular weight is 172 g/mol. The number of rotatable bonds is 2. The van der Waals surface area contributed by atoms with Crippen molar-refractivity contribution in [1.82, 2.24) is 0 Å². The minimum Gasteiger partial charge on any atom is -0.273 e. The molecule has 1 rings (SSSR count). The molecule has 0 fully saturated rings. The van der Waals surface area contributed by atoms with E-state index in [4.69, 9.17) is 11.6 Å². The van der Waals surface area contributed by atoms with Gasteiger partial charge in [0.05, 0.1) is 0 Å². The van der Waals surface area contributed by atoms with Crippen LogP contribution in [0.4, 0.5) is 0 Å². The summed E-state index contributed by atoms with van der Waals surface area (Å²) in [5.74, 6) is 1.05. The van der Waals surface area contributed by atoms with Crippen LogP contribution in [0, 0.1) is 11.8 Å². The normalized spacial score (nSPS) is 32.3. The Morgan fingerprint density at radius 2 is 2.36 bits per heavy atom. The molecule has 1 nitrogen and oxygen atoms in total. The van der Waals surface area contributed by atoms with Crippen LogP contribution in [-0.2, 0) is 0 Å². The van der Waals surface area contributed by atoms with E-state index in [2.05, 4.69) is 24.9 Å². The number of halogens is 1. The number of aliphatic imine (C=N–C) groups is 1. The Bertz CT molecular complexity index is 174. The number of dihydropyridines is 1. The van der Waals surface area contributed by atoms with Crippen molar-refractivity contribution >= 4 is 17.8 Å². The maximum Gasteiger partial charge on any atom is 0.130 e. The van der Waals surface area contributed by atoms with Crippen LogP contribution in [0.15, 0.2) is 17.1 Å². The van der Waals surface area contributed by atoms with E-state index in [1.807, 2.05) is 6.08 Å². The highest BCUT2D eigenvalue weighted by molar-refractivity contribution is 6.21. The molecule has 0 N–H and O–H groups in total. The third-order valence-corrected chi connectivity index (χ3v) is 2.67. The van der Waals surface area contributed by atoms with Crippen molar-refractivity contribution in [3.8, 4) is 0 Å². The molecule has 0 bridgehead atoms. The molecule has 2 heteroatoms. The fourth-order valence-corrected chi connectivity index (χ4v) is 1.63. The van der Waals surface area contributed by atoms with Crippen LogP contribution in [0.25, 0.3) is 0 Å². The summed E-state index contributed by atoms with van der Waals surface area (Å²) in [7, 11) is 0. The first kappa shape index (κ1) is 8.79. The minimum atomic E-state index is -0.0463. The quantitative estimate of drug-likeness (QED) is 0.448. The maximum atomic E-state index is 6.01. The lowest BCUT2D eigenvalue weighted by Gasteiger charge is -2.23. The molecule has 0 aromatic carbocycles. The van der Waals surface area contributed by atoms with Gasteiger partial charge in [-0.1, -0.05) is 37.9 Å². The van der Waals surface area contributed by atoms with Gasteiger partial charge in [-0.25, -0.2) is 0 Å². The zero-order valence-corrected chi connectivity index (χ0v) is 7.75. The average Bonchev–Trinajstić information content (AvgIpc) is 2.04. The van der Waals surface area contributed by atoms with Crippen molar-refractivity contribution in [3.05, 3.63) is 12.2 Å². The van der Waals surface area contributed by atoms with Gasteiger partial charge in [-0.3, -0.25) is 4.99 Å². The second-order valence-corrected chi connectivity index (χ2v) is 3.47. The summed E-state index contributed by atoms with van der Waals surface area (Å²) in [5.41, 5.74) is -0.0463. The Morgan fingerprint density at radius 1 is 1.64 bits per heavy atom. The van der Waals surface area contributed by atoms with E-state index in [0.29, 0.717) is 11.8 Å². The van der Waals surface area contributed by atoms with Gasteiger partial charge in [-0.15, -0.1) is 0 Å². The Hall–Kier alpha value is -0.300. The first-order valence-electron chi connectivity index (χ1n) is 4.09. The summed E-state index contributed by atoms with van der Waals surface area (Å²) in [5, 5.41) is 0. The largest absolute Gasteiger partial charge is 0.273 e. The number of allylic oxidation sites excluding steroid dienone is 1. The van der Waals surface area contributed by atoms with Crippen molar-refractivity contribution in [2.75, 3.05) is 0 Å². The number of hydrogen-bond acceptors (Lipinski definition) is 1. The number of hydrogen-bond donors (Lipinski definition) is 0. The molecule has 0 aliphatic carbocycles. The highest BCUT2D eigenvalue weighted by Gasteiger charge is 2.21. The molecule has 0 saturated heterocycles. The SMILES string of the molecule is CCC(C)C1C=CC=NC1Cl. The van der Waals surface area contributed by atoms with E-state index in [-0.39, 0.29) is 5.50 Å². The molecule has 3 atom stereocenters. The molecule has 62 valence electrons. The van der Waals surface area contributed by atoms with Crippen LogP contribution in [0.1, 0.15) is 20.3 Å². The summed E-state index contributed by atoms with van der Waals surface area (Å²) in [6.07, 6.45) is 7.07. The van der Waals surface area contributed by atoms with E-state index in [0.717, 1.165) is 6.42 Å². The van der Waals surface area contributed by atoms with E-state index in [1.54, 1.807) is 6.21 Å². The highest BCUT2D eigenvalue weighted by Crippen LogP contribution is 2.26. The Morgan fingerprint density at radius 3 is 2.91 bits per heavy atom. The van der Waals surface area contributed by atoms with Gasteiger partial charge < -0.3 is 0 Å². The summed E-state index contributed by atoms with van der Waals surface area (Å²) >= 11 is 6.01. The summed E-state index contributed by atoms with van der Waals surface area (Å²) in [6.45, 7) is 4.39. The van der Waals surface area contributed by atoms with E-state index >= 15 is 0 Å². The molecule has 0 aromatic heterocycles. The van der Waals surface area contributed by atoms with Crippen LogP contribution < -0.4 is 0 Å². The number of alkyl halides is 1. The molecular weight excluding hydrogens is 158 g/mol. The van der Waals surface area contributed by atoms with Crippen molar-refractivity contribution < 1.29 is 0 Å². The molecule has 1 heterocycles. The van der Waals surface area contributed by atoms with Gasteiger partial charge in [0.15, 0.2) is 0 Å². The summed E-state index contributed by atoms with van der Waals surface area (Å²) < 4.78 is 0. The first-order chi connectivity index (χ1) is 5.25. The van der Waals surface area contributed by atoms with Crippen LogP contribution in [0.5, 0.6) is 0 Å². The van der Waals surface area contributed by atoms with Gasteiger partial charge >= 0.3 is 0 Å². The number of nitrogens with zero attached hydrogens (tertiary/aromatic N) is 1. The molecule has 0 aromatic rings. The smallest absolute Gasteiger partial charge is 0.130 e. The summed E-state index contributed by atoms with van der Waals surface area (Å²) in [4.78, 5) is 4.13. The summed E-state index contributed by atoms with van der Waals surface area (Å²) in [6, 6.07) is 0. The van der Waals surface area contributed by atoms with Crippen LogP contribution in [0.3, 0.4) is 0 Å². The van der Waals surface area contributed by atoms with Gasteiger partial charge in [-0.2, -0.15) is 0 Å². The van der Waals surface area contributed by atoms with Gasteiger partial charge in [0.1, 0.15) is 5.50 Å². The predicted octanol–water partition coefficient (Wildman–Crippen LogP) is 2.85. The molecule has 0 amide bonds. The van der Waals surface area contributed by atoms with Gasteiger partial charge in [0.2, 0.25) is 0 Å². The van der Waals surface area contributed by atoms with E-state index < -0.39 is 0 Å². The molecule has 1 aliphatic heterocycles. The van der Waals surface area contributed by atoms with Crippen molar-refractivity contribution in [2.24, 2.45) is 16.8 Å². The standard InChI is InChI=1S/C9H14ClN/c1-3-7(2)8-5-4-6-11-9(8)10/h4-9H,3H2,1-2H3. The Balaban J connectivity index is 2.58. The zero-order chi connectivity index (χ0) is 8.27. The lowest BCUT2D eigenvalue weighted by molar-refractivity contribution is 0.404. The molecule has 11 heavy (non-hydrogen) atoms. The van der Waals surface area contributed by atoms with Crippen molar-refractivity contribution in [3.63, 3.8) is 0 Å². The maximum absolute atomic E-state index is 6.01. The van der Waals surface area contributed by atoms with E-state index in [9.17, 15) is 0 Å². The Kier molecular flexibility index (Phi) is 3.13. The third kappa shape index (κ3) is 2.06. The highest BCUT2D eigenvalue weighted by atomic mass is 35.5.